The molecule has 0 saturated carbocycles. The molecule has 0 heterocycles. The number of hydrogen-bond acceptors (Lipinski definition) is 3. The molecule has 0 fully saturated rings. The van der Waals surface area contributed by atoms with E-state index in [0.717, 1.165) is 11.3 Å². The number of amides is 1. The predicted molar refractivity (Wildman–Crippen MR) is 89.0 cm³/mol. The monoisotopic (exact) mass is 346 g/mol. The Bertz CT molecular complexity index is 488. The predicted octanol–water partition coefficient (Wildman–Crippen LogP) is 2.10. The summed E-state index contributed by atoms with van der Waals surface area (Å²) in [5.41, 5.74) is 1.81. The van der Waals surface area contributed by atoms with Gasteiger partial charge in [0.15, 0.2) is 0 Å². The number of aliphatic carboxylic acids is 1. The van der Waals surface area contributed by atoms with Gasteiger partial charge in [-0.05, 0) is 24.6 Å². The van der Waals surface area contributed by atoms with Crippen molar-refractivity contribution < 1.29 is 14.7 Å². The van der Waals surface area contributed by atoms with E-state index in [4.69, 9.17) is 28.3 Å². The zero-order valence-corrected chi connectivity index (χ0v) is 13.9. The van der Waals surface area contributed by atoms with E-state index in [1.54, 1.807) is 0 Å². The summed E-state index contributed by atoms with van der Waals surface area (Å²) in [6, 6.07) is 6.60. The van der Waals surface area contributed by atoms with Crippen molar-refractivity contribution in [3.05, 3.63) is 29.8 Å². The molecular formula is C15H20Cl2N2O3. The second-order valence-corrected chi connectivity index (χ2v) is 5.59. The van der Waals surface area contributed by atoms with Crippen LogP contribution in [0.3, 0.4) is 0 Å². The third kappa shape index (κ3) is 6.12. The number of alkyl halides is 2. The SMILES string of the molecule is C[C@H](NC(=O)Cc1ccc(N(CCCl)CCCl)cc1)C(=O)O. The maximum atomic E-state index is 11.7. The normalized spacial score (nSPS) is 11.8. The Labute approximate surface area is 140 Å². The molecule has 1 aromatic rings. The van der Waals surface area contributed by atoms with E-state index in [1.807, 2.05) is 24.3 Å². The number of carbonyl (C=O) groups excluding carboxylic acids is 1. The Balaban J connectivity index is 2.64. The lowest BCUT2D eigenvalue weighted by Gasteiger charge is -2.23. The van der Waals surface area contributed by atoms with E-state index < -0.39 is 12.0 Å². The number of nitrogens with zero attached hydrogens (tertiary/aromatic N) is 1. The fourth-order valence-corrected chi connectivity index (χ4v) is 2.35. The Morgan fingerprint density at radius 1 is 1.18 bits per heavy atom. The van der Waals surface area contributed by atoms with Crippen LogP contribution >= 0.6 is 23.2 Å². The van der Waals surface area contributed by atoms with Gasteiger partial charge in [0, 0.05) is 30.5 Å². The molecule has 0 radical (unpaired) electrons. The number of hydrogen-bond donors (Lipinski definition) is 2. The van der Waals surface area contributed by atoms with Gasteiger partial charge in [0.05, 0.1) is 6.42 Å². The molecule has 0 aliphatic heterocycles. The van der Waals surface area contributed by atoms with E-state index in [2.05, 4.69) is 10.2 Å². The molecule has 2 N–H and O–H groups in total. The lowest BCUT2D eigenvalue weighted by atomic mass is 10.1. The fraction of sp³-hybridized carbons (Fsp3) is 0.467. The molecule has 0 spiro atoms. The molecule has 0 bridgehead atoms. The summed E-state index contributed by atoms with van der Waals surface area (Å²) in [5, 5.41) is 11.2. The van der Waals surface area contributed by atoms with Crippen molar-refractivity contribution in [1.82, 2.24) is 5.32 Å². The van der Waals surface area contributed by atoms with Gasteiger partial charge in [-0.15, -0.1) is 23.2 Å². The topological polar surface area (TPSA) is 69.6 Å². The number of rotatable bonds is 9. The first kappa shape index (κ1) is 18.6. The van der Waals surface area contributed by atoms with Crippen molar-refractivity contribution in [2.75, 3.05) is 29.7 Å². The largest absolute Gasteiger partial charge is 0.480 e. The van der Waals surface area contributed by atoms with Gasteiger partial charge in [-0.3, -0.25) is 9.59 Å². The number of halogens is 2. The van der Waals surface area contributed by atoms with Crippen LogP contribution in [0.2, 0.25) is 0 Å². The van der Waals surface area contributed by atoms with E-state index in [9.17, 15) is 9.59 Å². The average Bonchev–Trinajstić information content (AvgIpc) is 2.47. The van der Waals surface area contributed by atoms with E-state index in [-0.39, 0.29) is 12.3 Å². The van der Waals surface area contributed by atoms with Gasteiger partial charge in [-0.25, -0.2) is 0 Å². The third-order valence-corrected chi connectivity index (χ3v) is 3.46. The zero-order valence-electron chi connectivity index (χ0n) is 12.4. The summed E-state index contributed by atoms with van der Waals surface area (Å²) in [7, 11) is 0. The Morgan fingerprint density at radius 3 is 2.18 bits per heavy atom. The first-order valence-corrected chi connectivity index (χ1v) is 8.02. The van der Waals surface area contributed by atoms with Gasteiger partial charge in [0.1, 0.15) is 6.04 Å². The van der Waals surface area contributed by atoms with Crippen LogP contribution in [0.1, 0.15) is 12.5 Å². The van der Waals surface area contributed by atoms with Crippen molar-refractivity contribution >= 4 is 40.8 Å². The molecule has 0 aromatic heterocycles. The van der Waals surface area contributed by atoms with Gasteiger partial charge in [-0.1, -0.05) is 12.1 Å². The molecule has 122 valence electrons. The maximum Gasteiger partial charge on any atom is 0.325 e. The summed E-state index contributed by atoms with van der Waals surface area (Å²) in [4.78, 5) is 24.5. The van der Waals surface area contributed by atoms with Crippen molar-refractivity contribution in [2.45, 2.75) is 19.4 Å². The fourth-order valence-electron chi connectivity index (χ4n) is 1.94. The first-order chi connectivity index (χ1) is 10.5. The van der Waals surface area contributed by atoms with Crippen LogP contribution in [0.5, 0.6) is 0 Å². The number of carboxylic acid groups (broad SMARTS) is 1. The van der Waals surface area contributed by atoms with E-state index in [1.165, 1.54) is 6.92 Å². The molecule has 7 heteroatoms. The van der Waals surface area contributed by atoms with Crippen LogP contribution in [-0.2, 0) is 16.0 Å². The molecule has 1 aromatic carbocycles. The minimum absolute atomic E-state index is 0.142. The van der Waals surface area contributed by atoms with Gasteiger partial charge in [0.25, 0.3) is 0 Å². The summed E-state index contributed by atoms with van der Waals surface area (Å²) in [6.45, 7) is 2.83. The molecular weight excluding hydrogens is 327 g/mol. The number of carbonyl (C=O) groups is 2. The first-order valence-electron chi connectivity index (χ1n) is 6.96. The van der Waals surface area contributed by atoms with Crippen LogP contribution in [-0.4, -0.2) is 47.9 Å². The zero-order chi connectivity index (χ0) is 16.5. The number of anilines is 1. The molecule has 5 nitrogen and oxygen atoms in total. The molecule has 0 saturated heterocycles. The number of benzene rings is 1. The molecule has 1 atom stereocenters. The lowest BCUT2D eigenvalue weighted by Crippen LogP contribution is -2.39. The molecule has 22 heavy (non-hydrogen) atoms. The van der Waals surface area contributed by atoms with Gasteiger partial charge in [0.2, 0.25) is 5.91 Å². The van der Waals surface area contributed by atoms with Crippen molar-refractivity contribution in [1.29, 1.82) is 0 Å². The van der Waals surface area contributed by atoms with Gasteiger partial charge < -0.3 is 15.3 Å². The minimum atomic E-state index is -1.05. The molecule has 0 aliphatic carbocycles. The van der Waals surface area contributed by atoms with Crippen LogP contribution < -0.4 is 10.2 Å². The number of carboxylic acids is 1. The molecule has 1 amide bonds. The minimum Gasteiger partial charge on any atom is -0.480 e. The van der Waals surface area contributed by atoms with Crippen LogP contribution in [0.25, 0.3) is 0 Å². The Kier molecular flexibility index (Phi) is 8.06. The standard InChI is InChI=1S/C15H20Cl2N2O3/c1-11(15(21)22)18-14(20)10-12-2-4-13(5-3-12)19(8-6-16)9-7-17/h2-5,11H,6-10H2,1H3,(H,18,20)(H,21,22)/t11-/m0/s1. The van der Waals surface area contributed by atoms with E-state index >= 15 is 0 Å². The molecule has 1 rings (SSSR count). The van der Waals surface area contributed by atoms with Gasteiger partial charge >= 0.3 is 5.97 Å². The highest BCUT2D eigenvalue weighted by Gasteiger charge is 2.14. The quantitative estimate of drug-likeness (QED) is 0.672. The maximum absolute atomic E-state index is 11.7. The average molecular weight is 347 g/mol. The van der Waals surface area contributed by atoms with Crippen LogP contribution in [0.15, 0.2) is 24.3 Å². The highest BCUT2D eigenvalue weighted by Crippen LogP contribution is 2.16. The molecule has 0 unspecified atom stereocenters. The lowest BCUT2D eigenvalue weighted by molar-refractivity contribution is -0.141. The highest BCUT2D eigenvalue weighted by molar-refractivity contribution is 6.18. The Hall–Kier alpha value is -1.46. The van der Waals surface area contributed by atoms with Gasteiger partial charge in [-0.2, -0.15) is 0 Å². The highest BCUT2D eigenvalue weighted by atomic mass is 35.5. The molecule has 0 aliphatic rings. The second kappa shape index (κ2) is 9.54. The van der Waals surface area contributed by atoms with Crippen LogP contribution in [0.4, 0.5) is 5.69 Å². The summed E-state index contributed by atoms with van der Waals surface area (Å²) in [5.74, 6) is -0.357. The van der Waals surface area contributed by atoms with E-state index in [0.29, 0.717) is 24.8 Å². The van der Waals surface area contributed by atoms with Crippen LogP contribution in [0, 0.1) is 0 Å². The second-order valence-electron chi connectivity index (χ2n) is 4.84. The summed E-state index contributed by atoms with van der Waals surface area (Å²) in [6.07, 6.45) is 0.142. The van der Waals surface area contributed by atoms with Crippen molar-refractivity contribution in [3.63, 3.8) is 0 Å². The third-order valence-electron chi connectivity index (χ3n) is 3.12. The van der Waals surface area contributed by atoms with Crippen molar-refractivity contribution in [2.24, 2.45) is 0 Å². The summed E-state index contributed by atoms with van der Waals surface area (Å²) >= 11 is 11.5. The smallest absolute Gasteiger partial charge is 0.325 e. The van der Waals surface area contributed by atoms with Crippen molar-refractivity contribution in [3.8, 4) is 0 Å². The number of nitrogens with one attached hydrogen (secondary N) is 1. The summed E-state index contributed by atoms with van der Waals surface area (Å²) < 4.78 is 0. The Morgan fingerprint density at radius 2 is 1.73 bits per heavy atom.